The summed E-state index contributed by atoms with van der Waals surface area (Å²) in [6.07, 6.45) is 1.62. The molecule has 4 aromatic rings. The molecular weight excluding hydrogens is 385 g/mol. The Labute approximate surface area is 160 Å². The van der Waals surface area contributed by atoms with E-state index in [1.165, 1.54) is 10.7 Å². The van der Waals surface area contributed by atoms with Gasteiger partial charge in [-0.25, -0.2) is 27.2 Å². The average Bonchev–Trinajstić information content (AvgIpc) is 3.23. The van der Waals surface area contributed by atoms with Gasteiger partial charge in [-0.15, -0.1) is 5.10 Å². The Morgan fingerprint density at radius 3 is 2.68 bits per heavy atom. The summed E-state index contributed by atoms with van der Waals surface area (Å²) in [6.45, 7) is 0.288. The van der Waals surface area contributed by atoms with E-state index in [-0.39, 0.29) is 36.4 Å². The number of hydrogen-bond acceptors (Lipinski definition) is 7. The van der Waals surface area contributed by atoms with Crippen molar-refractivity contribution in [2.75, 3.05) is 11.5 Å². The number of aromatic nitrogens is 6. The van der Waals surface area contributed by atoms with Crippen molar-refractivity contribution >= 4 is 27.7 Å². The zero-order valence-corrected chi connectivity index (χ0v) is 15.5. The Kier molecular flexibility index (Phi) is 4.74. The molecule has 28 heavy (non-hydrogen) atoms. The highest BCUT2D eigenvalue weighted by molar-refractivity contribution is 7.72. The molecule has 0 spiro atoms. The SMILES string of the molecule is Nc1nc(-c2nn(Cc3ccccc3F)c3ncccc23)nn1CC[SH](=O)=O. The van der Waals surface area contributed by atoms with Gasteiger partial charge in [-0.05, 0) is 18.2 Å². The van der Waals surface area contributed by atoms with Crippen molar-refractivity contribution in [1.29, 1.82) is 0 Å². The molecule has 144 valence electrons. The van der Waals surface area contributed by atoms with Crippen LogP contribution in [0.5, 0.6) is 0 Å². The minimum Gasteiger partial charge on any atom is -0.368 e. The quantitative estimate of drug-likeness (QED) is 0.464. The third-order valence-electron chi connectivity index (χ3n) is 4.19. The number of nitrogens with zero attached hydrogens (tertiary/aromatic N) is 6. The molecule has 9 nitrogen and oxygen atoms in total. The van der Waals surface area contributed by atoms with Gasteiger partial charge in [0.05, 0.1) is 24.2 Å². The maximum absolute atomic E-state index is 14.1. The Morgan fingerprint density at radius 1 is 1.07 bits per heavy atom. The van der Waals surface area contributed by atoms with E-state index in [1.54, 1.807) is 35.1 Å². The van der Waals surface area contributed by atoms with Gasteiger partial charge in [0, 0.05) is 11.8 Å². The summed E-state index contributed by atoms with van der Waals surface area (Å²) < 4.78 is 38.6. The molecule has 1 aromatic carbocycles. The summed E-state index contributed by atoms with van der Waals surface area (Å²) in [6, 6.07) is 10.0. The second kappa shape index (κ2) is 7.35. The Hall–Kier alpha value is -3.34. The molecular formula is C17H16FN7O2S. The van der Waals surface area contributed by atoms with Gasteiger partial charge in [-0.1, -0.05) is 18.2 Å². The predicted octanol–water partition coefficient (Wildman–Crippen LogP) is 1.07. The minimum atomic E-state index is -2.55. The highest BCUT2D eigenvalue weighted by atomic mass is 32.2. The van der Waals surface area contributed by atoms with Crippen LogP contribution in [0, 0.1) is 5.82 Å². The number of pyridine rings is 1. The molecule has 4 rings (SSSR count). The summed E-state index contributed by atoms with van der Waals surface area (Å²) in [5, 5.41) is 9.48. The standard InChI is InChI=1S/C17H16FN7O2S/c18-13-6-2-1-4-11(13)10-25-16-12(5-3-7-20-16)14(22-25)15-21-17(19)24(23-15)8-9-28(26)27/h1-7,28H,8-10H2,(H2,19,21,23). The van der Waals surface area contributed by atoms with Gasteiger partial charge < -0.3 is 5.73 Å². The molecule has 0 amide bonds. The summed E-state index contributed by atoms with van der Waals surface area (Å²) in [5.74, 6) is -0.0785. The van der Waals surface area contributed by atoms with E-state index >= 15 is 0 Å². The largest absolute Gasteiger partial charge is 0.368 e. The normalized spacial score (nSPS) is 11.5. The first-order valence-corrected chi connectivity index (χ1v) is 9.76. The molecule has 0 bridgehead atoms. The van der Waals surface area contributed by atoms with E-state index in [0.29, 0.717) is 22.3 Å². The van der Waals surface area contributed by atoms with E-state index in [9.17, 15) is 12.8 Å². The maximum atomic E-state index is 14.1. The topological polar surface area (TPSA) is 122 Å². The van der Waals surface area contributed by atoms with Gasteiger partial charge in [0.15, 0.2) is 5.65 Å². The van der Waals surface area contributed by atoms with Gasteiger partial charge in [0.25, 0.3) is 0 Å². The zero-order chi connectivity index (χ0) is 19.7. The molecule has 3 aromatic heterocycles. The number of halogens is 1. The van der Waals surface area contributed by atoms with Crippen molar-refractivity contribution in [3.63, 3.8) is 0 Å². The molecule has 0 aliphatic carbocycles. The lowest BCUT2D eigenvalue weighted by molar-refractivity contribution is 0.589. The van der Waals surface area contributed by atoms with E-state index in [4.69, 9.17) is 5.73 Å². The predicted molar refractivity (Wildman–Crippen MR) is 102 cm³/mol. The van der Waals surface area contributed by atoms with Crippen molar-refractivity contribution in [2.24, 2.45) is 0 Å². The summed E-state index contributed by atoms with van der Waals surface area (Å²) in [7, 11) is -2.55. The van der Waals surface area contributed by atoms with Crippen LogP contribution in [-0.2, 0) is 23.8 Å². The van der Waals surface area contributed by atoms with Gasteiger partial charge in [-0.2, -0.15) is 10.1 Å². The van der Waals surface area contributed by atoms with Crippen molar-refractivity contribution in [3.8, 4) is 11.5 Å². The number of nitrogens with two attached hydrogens (primary N) is 1. The lowest BCUT2D eigenvalue weighted by atomic mass is 10.2. The fourth-order valence-corrected chi connectivity index (χ4v) is 3.22. The van der Waals surface area contributed by atoms with Crippen LogP contribution >= 0.6 is 0 Å². The van der Waals surface area contributed by atoms with Crippen LogP contribution < -0.4 is 5.73 Å². The van der Waals surface area contributed by atoms with E-state index < -0.39 is 10.7 Å². The lowest BCUT2D eigenvalue weighted by Gasteiger charge is -2.04. The summed E-state index contributed by atoms with van der Waals surface area (Å²) >= 11 is 0. The monoisotopic (exact) mass is 401 g/mol. The number of benzene rings is 1. The first-order chi connectivity index (χ1) is 13.5. The van der Waals surface area contributed by atoms with Crippen LogP contribution in [0.15, 0.2) is 42.6 Å². The van der Waals surface area contributed by atoms with Crippen molar-refractivity contribution in [2.45, 2.75) is 13.1 Å². The lowest BCUT2D eigenvalue weighted by Crippen LogP contribution is -2.09. The fourth-order valence-electron chi connectivity index (χ4n) is 2.87. The first kappa shape index (κ1) is 18.0. The molecule has 0 radical (unpaired) electrons. The van der Waals surface area contributed by atoms with E-state index in [1.807, 2.05) is 6.07 Å². The third-order valence-corrected chi connectivity index (χ3v) is 4.76. The molecule has 0 aliphatic heterocycles. The Bertz CT molecular complexity index is 1220. The smallest absolute Gasteiger partial charge is 0.219 e. The number of rotatable bonds is 6. The molecule has 11 heteroatoms. The number of anilines is 1. The van der Waals surface area contributed by atoms with Crippen LogP contribution in [-0.4, -0.2) is 43.7 Å². The van der Waals surface area contributed by atoms with Crippen molar-refractivity contribution in [1.82, 2.24) is 29.5 Å². The molecule has 0 unspecified atom stereocenters. The fraction of sp³-hybridized carbons (Fsp3) is 0.176. The number of nitrogen functional groups attached to an aromatic ring is 1. The number of thiol groups is 1. The van der Waals surface area contributed by atoms with Crippen molar-refractivity contribution < 1.29 is 12.8 Å². The molecule has 0 saturated heterocycles. The molecule has 0 atom stereocenters. The van der Waals surface area contributed by atoms with Gasteiger partial charge >= 0.3 is 0 Å². The average molecular weight is 401 g/mol. The molecule has 0 saturated carbocycles. The van der Waals surface area contributed by atoms with Crippen LogP contribution in [0.1, 0.15) is 5.56 Å². The zero-order valence-electron chi connectivity index (χ0n) is 14.6. The summed E-state index contributed by atoms with van der Waals surface area (Å²) in [5.41, 5.74) is 7.32. The number of aryl methyl sites for hydroxylation is 1. The molecule has 3 heterocycles. The molecule has 2 N–H and O–H groups in total. The van der Waals surface area contributed by atoms with E-state index in [0.717, 1.165) is 0 Å². The third kappa shape index (κ3) is 3.43. The molecule has 0 aliphatic rings. The first-order valence-electron chi connectivity index (χ1n) is 8.40. The Balaban J connectivity index is 1.76. The number of fused-ring (bicyclic) bond motifs is 1. The van der Waals surface area contributed by atoms with Gasteiger partial charge in [0.2, 0.25) is 11.8 Å². The van der Waals surface area contributed by atoms with E-state index in [2.05, 4.69) is 20.2 Å². The molecule has 0 fully saturated rings. The van der Waals surface area contributed by atoms with Gasteiger partial charge in [0.1, 0.15) is 22.2 Å². The second-order valence-corrected chi connectivity index (χ2v) is 7.16. The Morgan fingerprint density at radius 2 is 1.89 bits per heavy atom. The van der Waals surface area contributed by atoms with Crippen LogP contribution in [0.2, 0.25) is 0 Å². The maximum Gasteiger partial charge on any atom is 0.219 e. The highest BCUT2D eigenvalue weighted by Crippen LogP contribution is 2.26. The summed E-state index contributed by atoms with van der Waals surface area (Å²) in [4.78, 5) is 8.55. The van der Waals surface area contributed by atoms with Gasteiger partial charge in [-0.3, -0.25) is 0 Å². The highest BCUT2D eigenvalue weighted by Gasteiger charge is 2.19. The van der Waals surface area contributed by atoms with Crippen LogP contribution in [0.25, 0.3) is 22.6 Å². The second-order valence-electron chi connectivity index (χ2n) is 6.05. The van der Waals surface area contributed by atoms with Crippen LogP contribution in [0.3, 0.4) is 0 Å². The number of hydrogen-bond donors (Lipinski definition) is 2. The van der Waals surface area contributed by atoms with Crippen LogP contribution in [0.4, 0.5) is 10.3 Å². The minimum absolute atomic E-state index is 0.0903. The van der Waals surface area contributed by atoms with Crippen molar-refractivity contribution in [3.05, 3.63) is 54.0 Å².